The van der Waals surface area contributed by atoms with Gasteiger partial charge in [-0.2, -0.15) is 0 Å². The summed E-state index contributed by atoms with van der Waals surface area (Å²) in [5, 5.41) is 3.65. The van der Waals surface area contributed by atoms with Gasteiger partial charge in [0.25, 0.3) is 0 Å². The molecule has 100 valence electrons. The smallest absolute Gasteiger partial charge is 0.141 e. The van der Waals surface area contributed by atoms with Gasteiger partial charge in [-0.15, -0.1) is 12.4 Å². The fourth-order valence-corrected chi connectivity index (χ4v) is 2.96. The SMILES string of the molecule is Cl.Fc1cncc(CN2CCC3CCC(C2)N3)c1. The highest BCUT2D eigenvalue weighted by atomic mass is 35.5. The highest BCUT2D eigenvalue weighted by Gasteiger charge is 2.28. The van der Waals surface area contributed by atoms with Crippen LogP contribution in [0.5, 0.6) is 0 Å². The van der Waals surface area contributed by atoms with Crippen molar-refractivity contribution in [3.05, 3.63) is 29.8 Å². The van der Waals surface area contributed by atoms with Gasteiger partial charge in [-0.3, -0.25) is 9.88 Å². The zero-order valence-corrected chi connectivity index (χ0v) is 11.1. The van der Waals surface area contributed by atoms with Gasteiger partial charge in [0.05, 0.1) is 6.20 Å². The minimum Gasteiger partial charge on any atom is -0.310 e. The molecule has 2 bridgehead atoms. The molecule has 3 rings (SSSR count). The number of hydrogen-bond acceptors (Lipinski definition) is 3. The number of halogens is 2. The number of aromatic nitrogens is 1. The molecule has 0 amide bonds. The third-order valence-electron chi connectivity index (χ3n) is 3.78. The molecule has 2 aliphatic heterocycles. The van der Waals surface area contributed by atoms with E-state index in [2.05, 4.69) is 15.2 Å². The number of fused-ring (bicyclic) bond motifs is 2. The van der Waals surface area contributed by atoms with Crippen LogP contribution >= 0.6 is 12.4 Å². The van der Waals surface area contributed by atoms with E-state index in [9.17, 15) is 4.39 Å². The van der Waals surface area contributed by atoms with Gasteiger partial charge in [0.2, 0.25) is 0 Å². The number of nitrogens with one attached hydrogen (secondary N) is 1. The fourth-order valence-electron chi connectivity index (χ4n) is 2.96. The summed E-state index contributed by atoms with van der Waals surface area (Å²) in [5.41, 5.74) is 0.975. The molecule has 1 N–H and O–H groups in total. The minimum absolute atomic E-state index is 0. The summed E-state index contributed by atoms with van der Waals surface area (Å²) in [6.07, 6.45) is 6.83. The van der Waals surface area contributed by atoms with E-state index in [1.165, 1.54) is 25.5 Å². The Hall–Kier alpha value is -0.710. The topological polar surface area (TPSA) is 28.2 Å². The molecular weight excluding hydrogens is 253 g/mol. The van der Waals surface area contributed by atoms with Crippen LogP contribution in [0.25, 0.3) is 0 Å². The normalized spacial score (nSPS) is 27.6. The third-order valence-corrected chi connectivity index (χ3v) is 3.78. The standard InChI is InChI=1S/C13H18FN3.ClH/c14-11-5-10(6-15-7-11)8-17-4-3-12-1-2-13(9-17)16-12;/h5-7,12-13,16H,1-4,8-9H2;1H. The van der Waals surface area contributed by atoms with Crippen LogP contribution in [0.1, 0.15) is 24.8 Å². The molecule has 0 radical (unpaired) electrons. The van der Waals surface area contributed by atoms with Gasteiger partial charge < -0.3 is 5.32 Å². The van der Waals surface area contributed by atoms with Crippen LogP contribution in [-0.4, -0.2) is 35.1 Å². The Bertz CT molecular complexity index is 402. The van der Waals surface area contributed by atoms with Crippen LogP contribution in [-0.2, 0) is 6.54 Å². The molecule has 0 aliphatic carbocycles. The Morgan fingerprint density at radius 1 is 1.28 bits per heavy atom. The van der Waals surface area contributed by atoms with Crippen molar-refractivity contribution in [1.82, 2.24) is 15.2 Å². The molecule has 2 unspecified atom stereocenters. The Labute approximate surface area is 113 Å². The maximum absolute atomic E-state index is 13.1. The minimum atomic E-state index is -0.239. The van der Waals surface area contributed by atoms with Crippen LogP contribution < -0.4 is 5.32 Å². The van der Waals surface area contributed by atoms with Crippen molar-refractivity contribution in [2.45, 2.75) is 37.9 Å². The lowest BCUT2D eigenvalue weighted by Crippen LogP contribution is -2.34. The quantitative estimate of drug-likeness (QED) is 0.891. The molecule has 2 saturated heterocycles. The number of hydrogen-bond donors (Lipinski definition) is 1. The van der Waals surface area contributed by atoms with Crippen molar-refractivity contribution in [2.75, 3.05) is 13.1 Å². The Morgan fingerprint density at radius 3 is 2.94 bits per heavy atom. The van der Waals surface area contributed by atoms with Crippen molar-refractivity contribution < 1.29 is 4.39 Å². The maximum atomic E-state index is 13.1. The van der Waals surface area contributed by atoms with Gasteiger partial charge in [0, 0.05) is 37.9 Å². The van der Waals surface area contributed by atoms with Gasteiger partial charge in [-0.05, 0) is 30.9 Å². The molecule has 0 aromatic carbocycles. The third kappa shape index (κ3) is 3.19. The van der Waals surface area contributed by atoms with Crippen LogP contribution in [0.2, 0.25) is 0 Å². The van der Waals surface area contributed by atoms with E-state index >= 15 is 0 Å². The first kappa shape index (κ1) is 13.7. The number of likely N-dealkylation sites (tertiary alicyclic amines) is 1. The average Bonchev–Trinajstić information content (AvgIpc) is 2.63. The van der Waals surface area contributed by atoms with Crippen LogP contribution in [0.4, 0.5) is 4.39 Å². The van der Waals surface area contributed by atoms with Gasteiger partial charge in [-0.1, -0.05) is 0 Å². The van der Waals surface area contributed by atoms with Crippen molar-refractivity contribution in [2.24, 2.45) is 0 Å². The lowest BCUT2D eigenvalue weighted by atomic mass is 10.1. The second kappa shape index (κ2) is 5.95. The molecule has 0 saturated carbocycles. The molecule has 2 atom stereocenters. The van der Waals surface area contributed by atoms with Crippen LogP contribution in [0.15, 0.2) is 18.5 Å². The molecule has 3 nitrogen and oxygen atoms in total. The number of rotatable bonds is 2. The molecule has 1 aromatic rings. The van der Waals surface area contributed by atoms with Crippen LogP contribution in [0.3, 0.4) is 0 Å². The first-order chi connectivity index (χ1) is 8.29. The van der Waals surface area contributed by atoms with Crippen LogP contribution in [0, 0.1) is 5.82 Å². The van der Waals surface area contributed by atoms with E-state index < -0.39 is 0 Å². The largest absolute Gasteiger partial charge is 0.310 e. The van der Waals surface area contributed by atoms with E-state index in [1.54, 1.807) is 12.3 Å². The Morgan fingerprint density at radius 2 is 2.11 bits per heavy atom. The molecule has 1 aromatic heterocycles. The molecule has 2 fully saturated rings. The van der Waals surface area contributed by atoms with Gasteiger partial charge >= 0.3 is 0 Å². The zero-order chi connectivity index (χ0) is 11.7. The number of nitrogens with zero attached hydrogens (tertiary/aromatic N) is 2. The van der Waals surface area contributed by atoms with Crippen molar-refractivity contribution in [1.29, 1.82) is 0 Å². The Kier molecular flexibility index (Phi) is 4.54. The zero-order valence-electron chi connectivity index (χ0n) is 10.3. The highest BCUT2D eigenvalue weighted by molar-refractivity contribution is 5.85. The summed E-state index contributed by atoms with van der Waals surface area (Å²) in [4.78, 5) is 6.31. The second-order valence-electron chi connectivity index (χ2n) is 5.17. The van der Waals surface area contributed by atoms with E-state index in [-0.39, 0.29) is 18.2 Å². The monoisotopic (exact) mass is 271 g/mol. The summed E-state index contributed by atoms with van der Waals surface area (Å²) < 4.78 is 13.1. The van der Waals surface area contributed by atoms with Gasteiger partial charge in [-0.25, -0.2) is 4.39 Å². The number of pyridine rings is 1. The summed E-state index contributed by atoms with van der Waals surface area (Å²) >= 11 is 0. The average molecular weight is 272 g/mol. The van der Waals surface area contributed by atoms with E-state index in [4.69, 9.17) is 0 Å². The molecule has 0 spiro atoms. The second-order valence-corrected chi connectivity index (χ2v) is 5.17. The summed E-state index contributed by atoms with van der Waals surface area (Å²) in [6, 6.07) is 2.92. The molecule has 2 aliphatic rings. The first-order valence-corrected chi connectivity index (χ1v) is 6.37. The van der Waals surface area contributed by atoms with Gasteiger partial charge in [0.1, 0.15) is 5.82 Å². The Balaban J connectivity index is 0.00000120. The van der Waals surface area contributed by atoms with Crippen molar-refractivity contribution in [3.8, 4) is 0 Å². The van der Waals surface area contributed by atoms with E-state index in [1.807, 2.05) is 0 Å². The molecule has 5 heteroatoms. The summed E-state index contributed by atoms with van der Waals surface area (Å²) in [7, 11) is 0. The summed E-state index contributed by atoms with van der Waals surface area (Å²) in [6.45, 7) is 2.99. The van der Waals surface area contributed by atoms with Crippen molar-refractivity contribution >= 4 is 12.4 Å². The van der Waals surface area contributed by atoms with Crippen molar-refractivity contribution in [3.63, 3.8) is 0 Å². The lowest BCUT2D eigenvalue weighted by molar-refractivity contribution is 0.250. The fraction of sp³-hybridized carbons (Fsp3) is 0.615. The highest BCUT2D eigenvalue weighted by Crippen LogP contribution is 2.21. The first-order valence-electron chi connectivity index (χ1n) is 6.37. The summed E-state index contributed by atoms with van der Waals surface area (Å²) in [5.74, 6) is -0.239. The molecule has 18 heavy (non-hydrogen) atoms. The lowest BCUT2D eigenvalue weighted by Gasteiger charge is -2.23. The van der Waals surface area contributed by atoms with Gasteiger partial charge in [0.15, 0.2) is 0 Å². The predicted octanol–water partition coefficient (Wildman–Crippen LogP) is 1.97. The predicted molar refractivity (Wildman–Crippen MR) is 71.3 cm³/mol. The van der Waals surface area contributed by atoms with E-state index in [0.29, 0.717) is 12.1 Å². The molecular formula is C13H19ClFN3. The molecule has 3 heterocycles. The maximum Gasteiger partial charge on any atom is 0.141 e. The van der Waals surface area contributed by atoms with E-state index in [0.717, 1.165) is 25.2 Å².